The molecular formula is C26H25N3O3. The van der Waals surface area contributed by atoms with Gasteiger partial charge in [-0.1, -0.05) is 48.0 Å². The Hall–Kier alpha value is -4.06. The molecule has 6 heteroatoms. The molecule has 3 aromatic carbocycles. The molecule has 0 radical (unpaired) electrons. The SMILES string of the molecule is COc1ccccc1-c1c(C)nn(-c2ccccc2C)c1Nc1ccc(C)cc1C(=O)O. The van der Waals surface area contributed by atoms with Gasteiger partial charge in [0.05, 0.1) is 35.3 Å². The van der Waals surface area contributed by atoms with E-state index in [1.807, 2.05) is 80.1 Å². The Balaban J connectivity index is 2.00. The summed E-state index contributed by atoms with van der Waals surface area (Å²) in [6.45, 7) is 5.83. The van der Waals surface area contributed by atoms with Gasteiger partial charge in [-0.2, -0.15) is 5.10 Å². The van der Waals surface area contributed by atoms with Crippen LogP contribution < -0.4 is 10.1 Å². The number of aromatic nitrogens is 2. The predicted molar refractivity (Wildman–Crippen MR) is 126 cm³/mol. The van der Waals surface area contributed by atoms with Crippen LogP contribution in [0.1, 0.15) is 27.2 Å². The largest absolute Gasteiger partial charge is 0.496 e. The second-order valence-corrected chi connectivity index (χ2v) is 7.69. The summed E-state index contributed by atoms with van der Waals surface area (Å²) in [7, 11) is 1.63. The minimum Gasteiger partial charge on any atom is -0.496 e. The van der Waals surface area contributed by atoms with E-state index < -0.39 is 5.97 Å². The van der Waals surface area contributed by atoms with Gasteiger partial charge in [0.1, 0.15) is 11.6 Å². The Bertz CT molecular complexity index is 1310. The lowest BCUT2D eigenvalue weighted by Crippen LogP contribution is -2.08. The van der Waals surface area contributed by atoms with E-state index in [1.54, 1.807) is 19.2 Å². The molecule has 6 nitrogen and oxygen atoms in total. The standard InChI is InChI=1S/C26H25N3O3/c1-16-13-14-21(20(15-16)26(30)31)27-25-24(19-10-6-8-12-23(19)32-4)18(3)28-29(25)22-11-7-5-9-17(22)2/h5-15,27H,1-4H3,(H,30,31). The molecule has 2 N–H and O–H groups in total. The van der Waals surface area contributed by atoms with Gasteiger partial charge in [0.25, 0.3) is 0 Å². The number of para-hydroxylation sites is 2. The molecule has 0 aliphatic rings. The van der Waals surface area contributed by atoms with Crippen LogP contribution in [0.2, 0.25) is 0 Å². The number of carbonyl (C=O) groups is 1. The third-order valence-corrected chi connectivity index (χ3v) is 5.44. The number of carboxylic acid groups (broad SMARTS) is 1. The molecule has 4 rings (SSSR count). The van der Waals surface area contributed by atoms with Crippen LogP contribution in [0.5, 0.6) is 5.75 Å². The third kappa shape index (κ3) is 3.83. The maximum absolute atomic E-state index is 12.0. The smallest absolute Gasteiger partial charge is 0.337 e. The van der Waals surface area contributed by atoms with Crippen molar-refractivity contribution in [2.24, 2.45) is 0 Å². The highest BCUT2D eigenvalue weighted by atomic mass is 16.5. The summed E-state index contributed by atoms with van der Waals surface area (Å²) in [5, 5.41) is 18.0. The van der Waals surface area contributed by atoms with Gasteiger partial charge in [-0.05, 0) is 50.6 Å². The minimum atomic E-state index is -0.992. The van der Waals surface area contributed by atoms with E-state index in [4.69, 9.17) is 9.84 Å². The van der Waals surface area contributed by atoms with Crippen LogP contribution in [0.4, 0.5) is 11.5 Å². The first-order valence-electron chi connectivity index (χ1n) is 10.3. The molecule has 0 fully saturated rings. The number of ether oxygens (including phenoxy) is 1. The highest BCUT2D eigenvalue weighted by Crippen LogP contribution is 2.40. The lowest BCUT2D eigenvalue weighted by molar-refractivity contribution is 0.0698. The highest BCUT2D eigenvalue weighted by Gasteiger charge is 2.23. The van der Waals surface area contributed by atoms with E-state index in [9.17, 15) is 9.90 Å². The normalized spacial score (nSPS) is 10.8. The van der Waals surface area contributed by atoms with Crippen molar-refractivity contribution in [1.82, 2.24) is 9.78 Å². The average Bonchev–Trinajstić information content (AvgIpc) is 3.10. The van der Waals surface area contributed by atoms with Crippen molar-refractivity contribution in [3.63, 3.8) is 0 Å². The van der Waals surface area contributed by atoms with Crippen LogP contribution in [0.25, 0.3) is 16.8 Å². The lowest BCUT2D eigenvalue weighted by Gasteiger charge is -2.16. The maximum atomic E-state index is 12.0. The molecule has 0 saturated carbocycles. The van der Waals surface area contributed by atoms with Crippen LogP contribution in [0, 0.1) is 20.8 Å². The van der Waals surface area contributed by atoms with Gasteiger partial charge in [-0.3, -0.25) is 0 Å². The molecule has 0 aliphatic heterocycles. The van der Waals surface area contributed by atoms with E-state index in [1.165, 1.54) is 0 Å². The van der Waals surface area contributed by atoms with Crippen molar-refractivity contribution in [1.29, 1.82) is 0 Å². The summed E-state index contributed by atoms with van der Waals surface area (Å²) in [5.74, 6) is 0.395. The number of nitrogens with zero attached hydrogens (tertiary/aromatic N) is 2. The molecule has 162 valence electrons. The van der Waals surface area contributed by atoms with Crippen LogP contribution in [0.15, 0.2) is 66.7 Å². The van der Waals surface area contributed by atoms with E-state index in [0.29, 0.717) is 17.3 Å². The van der Waals surface area contributed by atoms with Crippen molar-refractivity contribution in [2.75, 3.05) is 12.4 Å². The summed E-state index contributed by atoms with van der Waals surface area (Å²) >= 11 is 0. The van der Waals surface area contributed by atoms with Gasteiger partial charge in [0.2, 0.25) is 0 Å². The Morgan fingerprint density at radius 3 is 2.44 bits per heavy atom. The molecule has 0 amide bonds. The van der Waals surface area contributed by atoms with E-state index in [-0.39, 0.29) is 5.56 Å². The number of benzene rings is 3. The molecule has 1 heterocycles. The first kappa shape index (κ1) is 21.2. The van der Waals surface area contributed by atoms with Gasteiger partial charge in [-0.25, -0.2) is 9.48 Å². The molecule has 0 saturated heterocycles. The van der Waals surface area contributed by atoms with Crippen LogP contribution in [0.3, 0.4) is 0 Å². The van der Waals surface area contributed by atoms with Gasteiger partial charge >= 0.3 is 5.97 Å². The van der Waals surface area contributed by atoms with Crippen molar-refractivity contribution < 1.29 is 14.6 Å². The number of hydrogen-bond donors (Lipinski definition) is 2. The molecule has 0 bridgehead atoms. The van der Waals surface area contributed by atoms with Crippen molar-refractivity contribution in [2.45, 2.75) is 20.8 Å². The summed E-state index contributed by atoms with van der Waals surface area (Å²) in [4.78, 5) is 12.0. The molecule has 0 atom stereocenters. The molecule has 1 aromatic heterocycles. The zero-order valence-electron chi connectivity index (χ0n) is 18.5. The van der Waals surface area contributed by atoms with E-state index >= 15 is 0 Å². The monoisotopic (exact) mass is 427 g/mol. The van der Waals surface area contributed by atoms with Crippen LogP contribution >= 0.6 is 0 Å². The summed E-state index contributed by atoms with van der Waals surface area (Å²) in [5.41, 5.74) is 6.04. The average molecular weight is 428 g/mol. The summed E-state index contributed by atoms with van der Waals surface area (Å²) in [6, 6.07) is 21.0. The lowest BCUT2D eigenvalue weighted by atomic mass is 10.0. The molecule has 0 aliphatic carbocycles. The van der Waals surface area contributed by atoms with Crippen LogP contribution in [-0.2, 0) is 0 Å². The van der Waals surface area contributed by atoms with Gasteiger partial charge < -0.3 is 15.2 Å². The number of anilines is 2. The topological polar surface area (TPSA) is 76.4 Å². The van der Waals surface area contributed by atoms with Gasteiger partial charge in [0.15, 0.2) is 0 Å². The van der Waals surface area contributed by atoms with E-state index in [2.05, 4.69) is 5.32 Å². The van der Waals surface area contributed by atoms with E-state index in [0.717, 1.165) is 33.6 Å². The quantitative estimate of drug-likeness (QED) is 0.400. The highest BCUT2D eigenvalue weighted by molar-refractivity contribution is 5.96. The maximum Gasteiger partial charge on any atom is 0.337 e. The summed E-state index contributed by atoms with van der Waals surface area (Å²) < 4.78 is 7.45. The third-order valence-electron chi connectivity index (χ3n) is 5.44. The number of hydrogen-bond acceptors (Lipinski definition) is 4. The van der Waals surface area contributed by atoms with Gasteiger partial charge in [-0.15, -0.1) is 0 Å². The second kappa shape index (κ2) is 8.59. The number of aromatic carboxylic acids is 1. The Kier molecular flexibility index (Phi) is 5.69. The van der Waals surface area contributed by atoms with Crippen LogP contribution in [-0.4, -0.2) is 28.0 Å². The number of rotatable bonds is 6. The molecule has 0 spiro atoms. The van der Waals surface area contributed by atoms with Crippen molar-refractivity contribution >= 4 is 17.5 Å². The first-order chi connectivity index (χ1) is 15.4. The number of methoxy groups -OCH3 is 1. The molecule has 4 aromatic rings. The number of carboxylic acids is 1. The predicted octanol–water partition coefficient (Wildman–Crippen LogP) is 5.91. The molecule has 32 heavy (non-hydrogen) atoms. The van der Waals surface area contributed by atoms with Gasteiger partial charge in [0, 0.05) is 5.56 Å². The fraction of sp³-hybridized carbons (Fsp3) is 0.154. The minimum absolute atomic E-state index is 0.200. The summed E-state index contributed by atoms with van der Waals surface area (Å²) in [6.07, 6.45) is 0. The first-order valence-corrected chi connectivity index (χ1v) is 10.3. The molecule has 0 unspecified atom stereocenters. The Morgan fingerprint density at radius 1 is 1.00 bits per heavy atom. The number of aryl methyl sites for hydroxylation is 3. The number of nitrogens with one attached hydrogen (secondary N) is 1. The van der Waals surface area contributed by atoms with Crippen molar-refractivity contribution in [3.05, 3.63) is 89.1 Å². The van der Waals surface area contributed by atoms with Crippen molar-refractivity contribution in [3.8, 4) is 22.6 Å². The Labute approximate surface area is 187 Å². The zero-order chi connectivity index (χ0) is 22.8. The fourth-order valence-corrected chi connectivity index (χ4v) is 3.86. The second-order valence-electron chi connectivity index (χ2n) is 7.69. The molecular weight excluding hydrogens is 402 g/mol. The Morgan fingerprint density at radius 2 is 1.72 bits per heavy atom. The fourth-order valence-electron chi connectivity index (χ4n) is 3.86. The zero-order valence-corrected chi connectivity index (χ0v) is 18.5.